The van der Waals surface area contributed by atoms with Crippen LogP contribution in [0.15, 0.2) is 53.4 Å². The Morgan fingerprint density at radius 3 is 2.63 bits per heavy atom. The minimum atomic E-state index is -1.01. The van der Waals surface area contributed by atoms with Crippen molar-refractivity contribution in [2.45, 2.75) is 44.0 Å². The van der Waals surface area contributed by atoms with Crippen LogP contribution in [0.3, 0.4) is 0 Å². The lowest BCUT2D eigenvalue weighted by Gasteiger charge is -2.32. The largest absolute Gasteiger partial charge is 0.611 e. The number of aryl methyl sites for hydroxylation is 1. The van der Waals surface area contributed by atoms with Crippen molar-refractivity contribution in [2.75, 3.05) is 31.9 Å². The molecule has 0 radical (unpaired) electrons. The highest BCUT2D eigenvalue weighted by Gasteiger charge is 2.27. The quantitative estimate of drug-likeness (QED) is 0.686. The molecule has 0 spiro atoms. The Hall–Kier alpha value is -1.82. The lowest BCUT2D eigenvalue weighted by molar-refractivity contribution is -0.132. The molecule has 0 saturated carbocycles. The summed E-state index contributed by atoms with van der Waals surface area (Å²) in [6.45, 7) is 6.20. The molecule has 1 amide bonds. The first kappa shape index (κ1) is 21.4. The van der Waals surface area contributed by atoms with Gasteiger partial charge in [-0.1, -0.05) is 42.0 Å². The first-order chi connectivity index (χ1) is 14.6. The van der Waals surface area contributed by atoms with Crippen LogP contribution in [-0.2, 0) is 28.9 Å². The van der Waals surface area contributed by atoms with E-state index in [1.165, 1.54) is 18.4 Å². The number of rotatable bonds is 5. The zero-order valence-electron chi connectivity index (χ0n) is 17.9. The maximum absolute atomic E-state index is 12.9. The lowest BCUT2D eigenvalue weighted by atomic mass is 9.90. The van der Waals surface area contributed by atoms with Gasteiger partial charge in [0.1, 0.15) is 5.75 Å². The summed E-state index contributed by atoms with van der Waals surface area (Å²) in [5.41, 5.74) is 3.62. The molecule has 0 N–H and O–H groups in total. The molecular weight excluding hydrogens is 392 g/mol. The fraction of sp³-hybridized carbons (Fsp3) is 0.480. The molecular formula is C25H32N2O2S. The molecule has 4 nitrogen and oxygen atoms in total. The highest BCUT2D eigenvalue weighted by Crippen LogP contribution is 2.25. The SMILES string of the molecule is Cc1ccc2c(c1)CN(C(=O)CCN1CCC(Cc3ccccc3)CC1)CC[S+]2[O-]. The number of likely N-dealkylation sites (tertiary alicyclic amines) is 1. The van der Waals surface area contributed by atoms with Crippen LogP contribution in [-0.4, -0.2) is 52.2 Å². The summed E-state index contributed by atoms with van der Waals surface area (Å²) in [7, 11) is 0. The summed E-state index contributed by atoms with van der Waals surface area (Å²) in [6, 6.07) is 16.8. The Kier molecular flexibility index (Phi) is 7.13. The van der Waals surface area contributed by atoms with Gasteiger partial charge >= 0.3 is 0 Å². The van der Waals surface area contributed by atoms with Crippen LogP contribution in [0.2, 0.25) is 0 Å². The van der Waals surface area contributed by atoms with Crippen molar-refractivity contribution in [3.63, 3.8) is 0 Å². The van der Waals surface area contributed by atoms with E-state index in [1.54, 1.807) is 0 Å². The summed E-state index contributed by atoms with van der Waals surface area (Å²) >= 11 is -1.01. The van der Waals surface area contributed by atoms with Crippen LogP contribution >= 0.6 is 0 Å². The van der Waals surface area contributed by atoms with Crippen molar-refractivity contribution < 1.29 is 9.35 Å². The number of hydrogen-bond acceptors (Lipinski definition) is 3. The van der Waals surface area contributed by atoms with Gasteiger partial charge in [-0.25, -0.2) is 0 Å². The average molecular weight is 425 g/mol. The van der Waals surface area contributed by atoms with E-state index >= 15 is 0 Å². The molecule has 0 bridgehead atoms. The second kappa shape index (κ2) is 9.99. The highest BCUT2D eigenvalue weighted by atomic mass is 32.2. The molecule has 2 heterocycles. The number of carbonyl (C=O) groups excluding carboxylic acids is 1. The molecule has 1 saturated heterocycles. The third-order valence-corrected chi connectivity index (χ3v) is 7.88. The Bertz CT molecular complexity index is 849. The van der Waals surface area contributed by atoms with E-state index in [0.29, 0.717) is 25.3 Å². The fourth-order valence-corrected chi connectivity index (χ4v) is 5.87. The van der Waals surface area contributed by atoms with Crippen LogP contribution < -0.4 is 0 Å². The molecule has 2 aliphatic heterocycles. The molecule has 0 aliphatic carbocycles. The minimum Gasteiger partial charge on any atom is -0.611 e. The minimum absolute atomic E-state index is 0.188. The van der Waals surface area contributed by atoms with Crippen LogP contribution in [0.5, 0.6) is 0 Å². The number of benzene rings is 2. The van der Waals surface area contributed by atoms with Gasteiger partial charge in [-0.2, -0.15) is 0 Å². The second-order valence-corrected chi connectivity index (χ2v) is 10.2. The number of fused-ring (bicyclic) bond motifs is 1. The summed E-state index contributed by atoms with van der Waals surface area (Å²) in [6.07, 6.45) is 4.13. The van der Waals surface area contributed by atoms with Crippen LogP contribution in [0, 0.1) is 12.8 Å². The summed E-state index contributed by atoms with van der Waals surface area (Å²) < 4.78 is 12.5. The molecule has 160 valence electrons. The zero-order chi connectivity index (χ0) is 20.9. The Morgan fingerprint density at radius 1 is 1.10 bits per heavy atom. The molecule has 0 aromatic heterocycles. The maximum atomic E-state index is 12.9. The van der Waals surface area contributed by atoms with Crippen LogP contribution in [0.4, 0.5) is 0 Å². The third-order valence-electron chi connectivity index (χ3n) is 6.44. The van der Waals surface area contributed by atoms with Crippen molar-refractivity contribution in [1.82, 2.24) is 9.80 Å². The first-order valence-corrected chi connectivity index (χ1v) is 12.4. The smallest absolute Gasteiger partial charge is 0.224 e. The van der Waals surface area contributed by atoms with Crippen molar-refractivity contribution >= 4 is 17.1 Å². The van der Waals surface area contributed by atoms with Crippen LogP contribution in [0.1, 0.15) is 36.0 Å². The van der Waals surface area contributed by atoms with Crippen molar-refractivity contribution in [2.24, 2.45) is 5.92 Å². The van der Waals surface area contributed by atoms with Crippen molar-refractivity contribution in [1.29, 1.82) is 0 Å². The second-order valence-electron chi connectivity index (χ2n) is 8.70. The molecule has 4 rings (SSSR count). The van der Waals surface area contributed by atoms with Gasteiger partial charge in [0.15, 0.2) is 4.90 Å². The van der Waals surface area contributed by atoms with E-state index in [4.69, 9.17) is 0 Å². The predicted molar refractivity (Wildman–Crippen MR) is 122 cm³/mol. The van der Waals surface area contributed by atoms with E-state index in [0.717, 1.165) is 48.0 Å². The number of nitrogens with zero attached hydrogens (tertiary/aromatic N) is 2. The molecule has 2 aromatic rings. The van der Waals surface area contributed by atoms with Gasteiger partial charge in [-0.3, -0.25) is 4.79 Å². The molecule has 2 aliphatic rings. The van der Waals surface area contributed by atoms with Gasteiger partial charge in [0.25, 0.3) is 0 Å². The molecule has 30 heavy (non-hydrogen) atoms. The lowest BCUT2D eigenvalue weighted by Crippen LogP contribution is -2.39. The number of hydrogen-bond donors (Lipinski definition) is 0. The van der Waals surface area contributed by atoms with Gasteiger partial charge in [0, 0.05) is 18.5 Å². The van der Waals surface area contributed by atoms with Crippen molar-refractivity contribution in [3.05, 3.63) is 65.2 Å². The standard InChI is InChI=1S/C25H32N2O2S/c1-20-7-8-24-23(17-20)19-27(15-16-30(24)29)25(28)11-14-26-12-9-22(10-13-26)18-21-5-3-2-4-6-21/h2-8,17,22H,9-16,18-19H2,1H3. The predicted octanol–water partition coefficient (Wildman–Crippen LogP) is 3.79. The average Bonchev–Trinajstić information content (AvgIpc) is 2.92. The Morgan fingerprint density at radius 2 is 1.87 bits per heavy atom. The van der Waals surface area contributed by atoms with E-state index in [9.17, 15) is 9.35 Å². The summed E-state index contributed by atoms with van der Waals surface area (Å²) in [4.78, 5) is 18.1. The topological polar surface area (TPSA) is 46.6 Å². The Labute approximate surface area is 183 Å². The fourth-order valence-electron chi connectivity index (χ4n) is 4.63. The van der Waals surface area contributed by atoms with E-state index in [-0.39, 0.29) is 5.91 Å². The molecule has 1 atom stereocenters. The monoisotopic (exact) mass is 424 g/mol. The van der Waals surface area contributed by atoms with Gasteiger partial charge in [0.2, 0.25) is 5.91 Å². The van der Waals surface area contributed by atoms with Gasteiger partial charge < -0.3 is 14.4 Å². The summed E-state index contributed by atoms with van der Waals surface area (Å²) in [5, 5.41) is 0. The van der Waals surface area contributed by atoms with E-state index in [2.05, 4.69) is 41.3 Å². The summed E-state index contributed by atoms with van der Waals surface area (Å²) in [5.74, 6) is 1.47. The van der Waals surface area contributed by atoms with Crippen molar-refractivity contribution in [3.8, 4) is 0 Å². The highest BCUT2D eigenvalue weighted by molar-refractivity contribution is 7.91. The molecule has 1 unspecified atom stereocenters. The molecule has 1 fully saturated rings. The van der Waals surface area contributed by atoms with E-state index in [1.807, 2.05) is 24.0 Å². The first-order valence-electron chi connectivity index (χ1n) is 11.1. The maximum Gasteiger partial charge on any atom is 0.224 e. The third kappa shape index (κ3) is 5.45. The number of carbonyl (C=O) groups is 1. The number of piperidine rings is 1. The van der Waals surface area contributed by atoms with Gasteiger partial charge in [-0.05, 0) is 74.1 Å². The van der Waals surface area contributed by atoms with E-state index < -0.39 is 11.2 Å². The zero-order valence-corrected chi connectivity index (χ0v) is 18.7. The van der Waals surface area contributed by atoms with Crippen LogP contribution in [0.25, 0.3) is 0 Å². The van der Waals surface area contributed by atoms with Gasteiger partial charge in [-0.15, -0.1) is 0 Å². The Balaban J connectivity index is 1.25. The molecule has 2 aromatic carbocycles. The number of amides is 1. The normalized spacial score (nSPS) is 20.6. The molecule has 5 heteroatoms. The van der Waals surface area contributed by atoms with Gasteiger partial charge in [0.05, 0.1) is 13.1 Å².